The third-order valence-electron chi connectivity index (χ3n) is 3.27. The van der Waals surface area contributed by atoms with E-state index in [1.165, 1.54) is 5.56 Å². The van der Waals surface area contributed by atoms with E-state index in [9.17, 15) is 0 Å². The van der Waals surface area contributed by atoms with Crippen molar-refractivity contribution in [2.75, 3.05) is 0 Å². The minimum Gasteiger partial charge on any atom is -0.457 e. The smallest absolute Gasteiger partial charge is 0.130 e. The molecule has 106 valence electrons. The van der Waals surface area contributed by atoms with Crippen LogP contribution >= 0.6 is 0 Å². The van der Waals surface area contributed by atoms with E-state index in [4.69, 9.17) is 10.5 Å². The summed E-state index contributed by atoms with van der Waals surface area (Å²) in [5.74, 6) is 2.27. The average molecular weight is 269 g/mol. The topological polar surface area (TPSA) is 35.2 Å². The van der Waals surface area contributed by atoms with Crippen LogP contribution < -0.4 is 10.5 Å². The van der Waals surface area contributed by atoms with Crippen molar-refractivity contribution >= 4 is 0 Å². The first kappa shape index (κ1) is 14.6. The highest BCUT2D eigenvalue weighted by atomic mass is 16.5. The maximum Gasteiger partial charge on any atom is 0.130 e. The molecule has 2 aromatic rings. The maximum absolute atomic E-state index is 6.05. The lowest BCUT2D eigenvalue weighted by atomic mass is 10.0. The standard InChI is InChI=1S/C18H23NO/c1-13(2)15-8-6-9-17(12-15)20-18-10-5-4-7-16(18)11-14(3)19/h4-10,12-14H,11,19H2,1-3H3. The molecule has 2 rings (SSSR count). The van der Waals surface area contributed by atoms with Crippen molar-refractivity contribution in [3.05, 3.63) is 59.7 Å². The second-order valence-electron chi connectivity index (χ2n) is 5.62. The lowest BCUT2D eigenvalue weighted by Gasteiger charge is -2.14. The van der Waals surface area contributed by atoms with E-state index in [0.717, 1.165) is 23.5 Å². The van der Waals surface area contributed by atoms with Gasteiger partial charge in [-0.05, 0) is 48.6 Å². The number of benzene rings is 2. The molecule has 0 spiro atoms. The first-order valence-electron chi connectivity index (χ1n) is 7.17. The van der Waals surface area contributed by atoms with Gasteiger partial charge in [0.15, 0.2) is 0 Å². The van der Waals surface area contributed by atoms with Gasteiger partial charge in [0.1, 0.15) is 11.5 Å². The lowest BCUT2D eigenvalue weighted by Crippen LogP contribution is -2.18. The molecule has 0 saturated carbocycles. The minimum absolute atomic E-state index is 0.127. The molecule has 0 amide bonds. The molecule has 0 radical (unpaired) electrons. The molecule has 2 N–H and O–H groups in total. The van der Waals surface area contributed by atoms with Crippen LogP contribution in [-0.4, -0.2) is 6.04 Å². The monoisotopic (exact) mass is 269 g/mol. The van der Waals surface area contributed by atoms with Crippen LogP contribution in [0.2, 0.25) is 0 Å². The van der Waals surface area contributed by atoms with Crippen LogP contribution in [0.25, 0.3) is 0 Å². The Balaban J connectivity index is 2.23. The highest BCUT2D eigenvalue weighted by Crippen LogP contribution is 2.28. The summed E-state index contributed by atoms with van der Waals surface area (Å²) >= 11 is 0. The number of hydrogen-bond acceptors (Lipinski definition) is 2. The summed E-state index contributed by atoms with van der Waals surface area (Å²) in [6, 6.07) is 16.5. The van der Waals surface area contributed by atoms with E-state index >= 15 is 0 Å². The number of rotatable bonds is 5. The van der Waals surface area contributed by atoms with Gasteiger partial charge in [-0.25, -0.2) is 0 Å². The zero-order chi connectivity index (χ0) is 14.5. The molecule has 0 aliphatic heterocycles. The second-order valence-corrected chi connectivity index (χ2v) is 5.62. The van der Waals surface area contributed by atoms with Gasteiger partial charge in [-0.15, -0.1) is 0 Å². The van der Waals surface area contributed by atoms with Crippen molar-refractivity contribution in [2.24, 2.45) is 5.73 Å². The van der Waals surface area contributed by atoms with Crippen LogP contribution in [0, 0.1) is 0 Å². The van der Waals surface area contributed by atoms with Gasteiger partial charge in [0.05, 0.1) is 0 Å². The van der Waals surface area contributed by atoms with Gasteiger partial charge in [-0.2, -0.15) is 0 Å². The number of nitrogens with two attached hydrogens (primary N) is 1. The van der Waals surface area contributed by atoms with Crippen LogP contribution in [0.1, 0.15) is 37.8 Å². The normalized spacial score (nSPS) is 12.4. The van der Waals surface area contributed by atoms with Crippen molar-refractivity contribution in [3.63, 3.8) is 0 Å². The Kier molecular flexibility index (Phi) is 4.80. The van der Waals surface area contributed by atoms with Crippen molar-refractivity contribution in [2.45, 2.75) is 39.2 Å². The van der Waals surface area contributed by atoms with Gasteiger partial charge in [0, 0.05) is 6.04 Å². The van der Waals surface area contributed by atoms with E-state index in [1.807, 2.05) is 37.3 Å². The Morgan fingerprint density at radius 3 is 2.45 bits per heavy atom. The molecule has 0 bridgehead atoms. The Morgan fingerprint density at radius 2 is 1.75 bits per heavy atom. The molecular formula is C18H23NO. The fourth-order valence-electron chi connectivity index (χ4n) is 2.18. The molecule has 0 saturated heterocycles. The zero-order valence-corrected chi connectivity index (χ0v) is 12.5. The third kappa shape index (κ3) is 3.84. The van der Waals surface area contributed by atoms with Crippen molar-refractivity contribution in [1.29, 1.82) is 0 Å². The summed E-state index contributed by atoms with van der Waals surface area (Å²) < 4.78 is 6.05. The van der Waals surface area contributed by atoms with Gasteiger partial charge in [0.25, 0.3) is 0 Å². The van der Waals surface area contributed by atoms with Gasteiger partial charge in [-0.1, -0.05) is 44.2 Å². The maximum atomic E-state index is 6.05. The van der Waals surface area contributed by atoms with Crippen LogP contribution in [0.5, 0.6) is 11.5 Å². The largest absolute Gasteiger partial charge is 0.457 e. The van der Waals surface area contributed by atoms with Crippen molar-refractivity contribution in [1.82, 2.24) is 0 Å². The summed E-state index contributed by atoms with van der Waals surface area (Å²) in [7, 11) is 0. The molecule has 1 atom stereocenters. The van der Waals surface area contributed by atoms with Gasteiger partial charge >= 0.3 is 0 Å². The summed E-state index contributed by atoms with van der Waals surface area (Å²) in [5.41, 5.74) is 8.33. The number of ether oxygens (including phenoxy) is 1. The molecule has 1 unspecified atom stereocenters. The van der Waals surface area contributed by atoms with Gasteiger partial charge < -0.3 is 10.5 Å². The fraction of sp³-hybridized carbons (Fsp3) is 0.333. The van der Waals surface area contributed by atoms with Crippen LogP contribution in [-0.2, 0) is 6.42 Å². The first-order chi connectivity index (χ1) is 9.56. The molecule has 2 heteroatoms. The highest BCUT2D eigenvalue weighted by Gasteiger charge is 2.07. The molecule has 0 aliphatic rings. The predicted molar refractivity (Wildman–Crippen MR) is 84.4 cm³/mol. The molecule has 0 aliphatic carbocycles. The Bertz CT molecular complexity index is 561. The van der Waals surface area contributed by atoms with Crippen molar-refractivity contribution < 1.29 is 4.74 Å². The molecular weight excluding hydrogens is 246 g/mol. The predicted octanol–water partition coefficient (Wildman–Crippen LogP) is 4.49. The fourth-order valence-corrected chi connectivity index (χ4v) is 2.18. The molecule has 0 fully saturated rings. The second kappa shape index (κ2) is 6.58. The minimum atomic E-state index is 0.127. The lowest BCUT2D eigenvalue weighted by molar-refractivity contribution is 0.473. The summed E-state index contributed by atoms with van der Waals surface area (Å²) in [6.07, 6.45) is 0.819. The Morgan fingerprint density at radius 1 is 1.00 bits per heavy atom. The van der Waals surface area contributed by atoms with Crippen LogP contribution in [0.3, 0.4) is 0 Å². The molecule has 2 nitrogen and oxygen atoms in total. The SMILES string of the molecule is CC(N)Cc1ccccc1Oc1cccc(C(C)C)c1. The van der Waals surface area contributed by atoms with E-state index in [-0.39, 0.29) is 6.04 Å². The number of para-hydroxylation sites is 1. The van der Waals surface area contributed by atoms with E-state index in [0.29, 0.717) is 5.92 Å². The van der Waals surface area contributed by atoms with Gasteiger partial charge in [-0.3, -0.25) is 0 Å². The average Bonchev–Trinajstić information content (AvgIpc) is 2.41. The van der Waals surface area contributed by atoms with Crippen molar-refractivity contribution in [3.8, 4) is 11.5 Å². The quantitative estimate of drug-likeness (QED) is 0.867. The Labute approximate surface area is 121 Å². The summed E-state index contributed by atoms with van der Waals surface area (Å²) in [4.78, 5) is 0. The van der Waals surface area contributed by atoms with Gasteiger partial charge in [0.2, 0.25) is 0 Å². The number of hydrogen-bond donors (Lipinski definition) is 1. The highest BCUT2D eigenvalue weighted by molar-refractivity contribution is 5.39. The molecule has 0 aromatic heterocycles. The van der Waals surface area contributed by atoms with Crippen LogP contribution in [0.4, 0.5) is 0 Å². The van der Waals surface area contributed by atoms with E-state index in [2.05, 4.69) is 32.0 Å². The van der Waals surface area contributed by atoms with E-state index in [1.54, 1.807) is 0 Å². The molecule has 0 heterocycles. The van der Waals surface area contributed by atoms with Crippen LogP contribution in [0.15, 0.2) is 48.5 Å². The molecule has 20 heavy (non-hydrogen) atoms. The van der Waals surface area contributed by atoms with E-state index < -0.39 is 0 Å². The Hall–Kier alpha value is -1.80. The summed E-state index contributed by atoms with van der Waals surface area (Å²) in [5, 5.41) is 0. The first-order valence-corrected chi connectivity index (χ1v) is 7.17. The third-order valence-corrected chi connectivity index (χ3v) is 3.27. The molecule has 2 aromatic carbocycles. The zero-order valence-electron chi connectivity index (χ0n) is 12.5. The summed E-state index contributed by atoms with van der Waals surface area (Å²) in [6.45, 7) is 6.38.